The van der Waals surface area contributed by atoms with E-state index in [0.717, 1.165) is 5.92 Å². The molecular formula is C11H26. The largest absolute Gasteiger partial charge is 0.0683 e. The third-order valence-corrected chi connectivity index (χ3v) is 3.01. The fourth-order valence-corrected chi connectivity index (χ4v) is 1.07. The first-order valence-corrected chi connectivity index (χ1v) is 5.06. The van der Waals surface area contributed by atoms with Crippen molar-refractivity contribution in [3.05, 3.63) is 0 Å². The minimum Gasteiger partial charge on any atom is -0.0683 e. The van der Waals surface area contributed by atoms with Gasteiger partial charge in [0.05, 0.1) is 0 Å². The van der Waals surface area contributed by atoms with Gasteiger partial charge < -0.3 is 0 Å². The maximum absolute atomic E-state index is 2.37. The fraction of sp³-hybridized carbons (Fsp3) is 1.00. The molecule has 0 heteroatoms. The number of rotatable bonds is 3. The summed E-state index contributed by atoms with van der Waals surface area (Å²) in [4.78, 5) is 0. The molecule has 0 aromatic rings. The van der Waals surface area contributed by atoms with Crippen LogP contribution in [-0.2, 0) is 0 Å². The summed E-state index contributed by atoms with van der Waals surface area (Å²) in [5.74, 6) is 0.826. The average molecular weight is 158 g/mol. The lowest BCUT2D eigenvalue weighted by Crippen LogP contribution is -2.20. The van der Waals surface area contributed by atoms with Gasteiger partial charge in [0.1, 0.15) is 0 Å². The highest BCUT2D eigenvalue weighted by atomic mass is 14.3. The molecule has 0 N–H and O–H groups in total. The molecule has 0 fully saturated rings. The predicted molar refractivity (Wildman–Crippen MR) is 54.9 cm³/mol. The van der Waals surface area contributed by atoms with Crippen LogP contribution in [-0.4, -0.2) is 0 Å². The van der Waals surface area contributed by atoms with Gasteiger partial charge in [-0.15, -0.1) is 0 Å². The maximum atomic E-state index is 2.37. The molecule has 0 unspecified atom stereocenters. The molecule has 0 radical (unpaired) electrons. The first-order chi connectivity index (χ1) is 5.06. The van der Waals surface area contributed by atoms with Gasteiger partial charge in [0, 0.05) is 0 Å². The average Bonchev–Trinajstić information content (AvgIpc) is 2.06. The molecule has 0 aliphatic rings. The third-order valence-electron chi connectivity index (χ3n) is 3.01. The second kappa shape index (κ2) is 6.69. The van der Waals surface area contributed by atoms with Gasteiger partial charge in [-0.2, -0.15) is 0 Å². The first-order valence-electron chi connectivity index (χ1n) is 5.06. The summed E-state index contributed by atoms with van der Waals surface area (Å²) in [6, 6.07) is 0. The van der Waals surface area contributed by atoms with Crippen molar-refractivity contribution in [3.8, 4) is 0 Å². The molecule has 0 bridgehead atoms. The summed E-state index contributed by atoms with van der Waals surface area (Å²) < 4.78 is 0. The van der Waals surface area contributed by atoms with Crippen LogP contribution >= 0.6 is 0 Å². The van der Waals surface area contributed by atoms with E-state index in [2.05, 4.69) is 34.6 Å². The highest BCUT2D eigenvalue weighted by Crippen LogP contribution is 2.33. The zero-order chi connectivity index (χ0) is 9.49. The Kier molecular flexibility index (Phi) is 8.26. The Bertz CT molecular complexity index is 68.1. The van der Waals surface area contributed by atoms with Crippen molar-refractivity contribution in [3.63, 3.8) is 0 Å². The summed E-state index contributed by atoms with van der Waals surface area (Å²) in [5, 5.41) is 0. The number of hydrogen-bond donors (Lipinski definition) is 0. The van der Waals surface area contributed by atoms with E-state index in [1.165, 1.54) is 12.8 Å². The second-order valence-corrected chi connectivity index (χ2v) is 3.52. The van der Waals surface area contributed by atoms with E-state index in [0.29, 0.717) is 5.41 Å². The lowest BCUT2D eigenvalue weighted by molar-refractivity contribution is 0.200. The van der Waals surface area contributed by atoms with Crippen LogP contribution in [0.15, 0.2) is 0 Å². The van der Waals surface area contributed by atoms with E-state index in [9.17, 15) is 0 Å². The topological polar surface area (TPSA) is 0 Å². The Labute approximate surface area is 73.4 Å². The van der Waals surface area contributed by atoms with Crippen molar-refractivity contribution in [1.82, 2.24) is 0 Å². The third kappa shape index (κ3) is 4.44. The van der Waals surface area contributed by atoms with Gasteiger partial charge >= 0.3 is 0 Å². The van der Waals surface area contributed by atoms with Crippen LogP contribution < -0.4 is 0 Å². The van der Waals surface area contributed by atoms with Gasteiger partial charge in [0.2, 0.25) is 0 Å². The molecule has 0 saturated carbocycles. The standard InChI is InChI=1S/C9H20.C2H6/c1-6-9(5,7-2)8(3)4;1-2/h8H,6-7H2,1-5H3;1-2H3. The fourth-order valence-electron chi connectivity index (χ4n) is 1.07. The van der Waals surface area contributed by atoms with Crippen LogP contribution in [0, 0.1) is 11.3 Å². The Morgan fingerprint density at radius 3 is 1.27 bits per heavy atom. The molecule has 0 heterocycles. The zero-order valence-corrected chi connectivity index (χ0v) is 9.49. The monoisotopic (exact) mass is 158 g/mol. The minimum absolute atomic E-state index is 0.583. The Morgan fingerprint density at radius 1 is 1.00 bits per heavy atom. The molecule has 11 heavy (non-hydrogen) atoms. The zero-order valence-electron chi connectivity index (χ0n) is 9.49. The summed E-state index contributed by atoms with van der Waals surface area (Å²) in [6.45, 7) is 15.6. The van der Waals surface area contributed by atoms with Crippen molar-refractivity contribution in [2.24, 2.45) is 11.3 Å². The van der Waals surface area contributed by atoms with E-state index < -0.39 is 0 Å². The molecule has 0 rings (SSSR count). The van der Waals surface area contributed by atoms with Gasteiger partial charge in [0.15, 0.2) is 0 Å². The lowest BCUT2D eigenvalue weighted by Gasteiger charge is -2.31. The van der Waals surface area contributed by atoms with Gasteiger partial charge in [-0.1, -0.05) is 61.3 Å². The molecule has 0 aromatic heterocycles. The summed E-state index contributed by atoms with van der Waals surface area (Å²) in [7, 11) is 0. The van der Waals surface area contributed by atoms with Gasteiger partial charge in [-0.25, -0.2) is 0 Å². The lowest BCUT2D eigenvalue weighted by atomic mass is 9.75. The highest BCUT2D eigenvalue weighted by molar-refractivity contribution is 4.73. The molecule has 0 aliphatic heterocycles. The maximum Gasteiger partial charge on any atom is -0.0308 e. The molecule has 0 nitrogen and oxygen atoms in total. The van der Waals surface area contributed by atoms with Crippen LogP contribution in [0.1, 0.15) is 61.3 Å². The van der Waals surface area contributed by atoms with Gasteiger partial charge in [-0.3, -0.25) is 0 Å². The summed E-state index contributed by atoms with van der Waals surface area (Å²) in [6.07, 6.45) is 2.61. The molecule has 0 saturated heterocycles. The molecular weight excluding hydrogens is 132 g/mol. The van der Waals surface area contributed by atoms with Crippen LogP contribution in [0.2, 0.25) is 0 Å². The summed E-state index contributed by atoms with van der Waals surface area (Å²) in [5.41, 5.74) is 0.583. The van der Waals surface area contributed by atoms with E-state index in [-0.39, 0.29) is 0 Å². The van der Waals surface area contributed by atoms with Crippen molar-refractivity contribution < 1.29 is 0 Å². The second-order valence-electron chi connectivity index (χ2n) is 3.52. The van der Waals surface area contributed by atoms with Crippen LogP contribution in [0.4, 0.5) is 0 Å². The minimum atomic E-state index is 0.583. The predicted octanol–water partition coefficient (Wildman–Crippen LogP) is 4.49. The van der Waals surface area contributed by atoms with Crippen molar-refractivity contribution in [2.75, 3.05) is 0 Å². The smallest absolute Gasteiger partial charge is 0.0308 e. The van der Waals surface area contributed by atoms with E-state index in [1.54, 1.807) is 0 Å². The molecule has 0 aliphatic carbocycles. The molecule has 0 amide bonds. The summed E-state index contributed by atoms with van der Waals surface area (Å²) >= 11 is 0. The van der Waals surface area contributed by atoms with E-state index >= 15 is 0 Å². The van der Waals surface area contributed by atoms with Crippen molar-refractivity contribution in [2.45, 2.75) is 61.3 Å². The quantitative estimate of drug-likeness (QED) is 0.567. The Hall–Kier alpha value is 0. The van der Waals surface area contributed by atoms with Crippen LogP contribution in [0.3, 0.4) is 0 Å². The first kappa shape index (κ1) is 13.6. The highest BCUT2D eigenvalue weighted by Gasteiger charge is 2.22. The number of hydrogen-bond acceptors (Lipinski definition) is 0. The molecule has 0 atom stereocenters. The Balaban J connectivity index is 0. The molecule has 0 aromatic carbocycles. The van der Waals surface area contributed by atoms with Gasteiger partial charge in [-0.05, 0) is 11.3 Å². The molecule has 70 valence electrons. The van der Waals surface area contributed by atoms with E-state index in [1.807, 2.05) is 13.8 Å². The van der Waals surface area contributed by atoms with Gasteiger partial charge in [0.25, 0.3) is 0 Å². The molecule has 0 spiro atoms. The van der Waals surface area contributed by atoms with E-state index in [4.69, 9.17) is 0 Å². The van der Waals surface area contributed by atoms with Crippen LogP contribution in [0.25, 0.3) is 0 Å². The SMILES string of the molecule is CC.CCC(C)(CC)C(C)C. The Morgan fingerprint density at radius 2 is 1.27 bits per heavy atom. The van der Waals surface area contributed by atoms with Crippen molar-refractivity contribution >= 4 is 0 Å². The normalized spacial score (nSPS) is 10.9. The van der Waals surface area contributed by atoms with Crippen LogP contribution in [0.5, 0.6) is 0 Å². The van der Waals surface area contributed by atoms with Crippen molar-refractivity contribution in [1.29, 1.82) is 0 Å².